The summed E-state index contributed by atoms with van der Waals surface area (Å²) in [4.78, 5) is 14.1. The smallest absolute Gasteiger partial charge is 0.242 e. The van der Waals surface area contributed by atoms with Crippen molar-refractivity contribution < 1.29 is 9.53 Å². The number of carbonyl (C=O) groups is 1. The van der Waals surface area contributed by atoms with E-state index < -0.39 is 5.54 Å². The van der Waals surface area contributed by atoms with Crippen LogP contribution in [-0.4, -0.2) is 35.5 Å². The molecule has 1 aliphatic carbocycles. The van der Waals surface area contributed by atoms with E-state index in [-0.39, 0.29) is 12.0 Å². The number of hydrogen-bond acceptors (Lipinski definition) is 3. The van der Waals surface area contributed by atoms with E-state index in [1.807, 2.05) is 17.0 Å². The minimum absolute atomic E-state index is 0.107. The maximum atomic E-state index is 12.2. The molecule has 0 bridgehead atoms. The number of ether oxygens (including phenoxy) is 1. The van der Waals surface area contributed by atoms with Gasteiger partial charge in [-0.15, -0.1) is 0 Å². The molecule has 2 aliphatic rings. The Morgan fingerprint density at radius 1 is 1.27 bits per heavy atom. The van der Waals surface area contributed by atoms with E-state index in [0.717, 1.165) is 44.3 Å². The third kappa shape index (κ3) is 3.57. The Hall–Kier alpha value is -0.810. The lowest BCUT2D eigenvalue weighted by Gasteiger charge is -2.33. The minimum atomic E-state index is -0.562. The van der Waals surface area contributed by atoms with E-state index in [1.165, 1.54) is 0 Å². The number of carbonyl (C=O) groups excluding carboxylic acids is 1. The predicted octanol–water partition coefficient (Wildman–Crippen LogP) is 2.99. The van der Waals surface area contributed by atoms with Gasteiger partial charge in [0.05, 0.1) is 28.3 Å². The highest BCUT2D eigenvalue weighted by Gasteiger charge is 2.48. The van der Waals surface area contributed by atoms with Crippen LogP contribution in [0.25, 0.3) is 0 Å². The van der Waals surface area contributed by atoms with Gasteiger partial charge in [0.25, 0.3) is 0 Å². The first-order chi connectivity index (χ1) is 10.5. The molecule has 22 heavy (non-hydrogen) atoms. The van der Waals surface area contributed by atoms with Crippen molar-refractivity contribution in [1.82, 2.24) is 4.90 Å². The zero-order chi connectivity index (χ0) is 15.7. The molecule has 0 aromatic heterocycles. The van der Waals surface area contributed by atoms with Crippen LogP contribution in [-0.2, 0) is 16.1 Å². The van der Waals surface area contributed by atoms with Gasteiger partial charge in [-0.3, -0.25) is 4.79 Å². The number of hydrogen-bond donors (Lipinski definition) is 1. The molecule has 2 fully saturated rings. The van der Waals surface area contributed by atoms with Gasteiger partial charge in [0, 0.05) is 13.1 Å². The lowest BCUT2D eigenvalue weighted by molar-refractivity contribution is -0.136. The molecule has 2 N–H and O–H groups in total. The summed E-state index contributed by atoms with van der Waals surface area (Å²) >= 11 is 11.9. The first-order valence-corrected chi connectivity index (χ1v) is 8.37. The zero-order valence-corrected chi connectivity index (χ0v) is 13.9. The fraction of sp³-hybridized carbons (Fsp3) is 0.562. The summed E-state index contributed by atoms with van der Waals surface area (Å²) in [5, 5.41) is 1.09. The number of benzene rings is 1. The second-order valence-electron chi connectivity index (χ2n) is 6.21. The maximum Gasteiger partial charge on any atom is 0.242 e. The van der Waals surface area contributed by atoms with Gasteiger partial charge in [0.2, 0.25) is 5.91 Å². The maximum absolute atomic E-state index is 12.2. The Balaban J connectivity index is 1.46. The van der Waals surface area contributed by atoms with E-state index in [0.29, 0.717) is 16.7 Å². The molecule has 6 heteroatoms. The number of nitrogens with two attached hydrogens (primary N) is 1. The summed E-state index contributed by atoms with van der Waals surface area (Å²) < 4.78 is 5.92. The molecule has 1 aromatic carbocycles. The molecule has 1 aliphatic heterocycles. The van der Waals surface area contributed by atoms with Gasteiger partial charge >= 0.3 is 0 Å². The van der Waals surface area contributed by atoms with Crippen LogP contribution < -0.4 is 5.73 Å². The lowest BCUT2D eigenvalue weighted by atomic mass is 10.1. The van der Waals surface area contributed by atoms with Crippen molar-refractivity contribution in [3.8, 4) is 0 Å². The molecule has 0 unspecified atom stereocenters. The van der Waals surface area contributed by atoms with Crippen LogP contribution in [0.4, 0.5) is 0 Å². The number of halogens is 2. The third-order valence-electron chi connectivity index (χ3n) is 4.41. The van der Waals surface area contributed by atoms with E-state index in [4.69, 9.17) is 33.7 Å². The summed E-state index contributed by atoms with van der Waals surface area (Å²) in [6.45, 7) is 1.96. The Kier molecular flexibility index (Phi) is 4.64. The standard InChI is InChI=1S/C16H20Cl2N2O2/c17-13-2-1-11(9-14(13)18)10-22-12-3-7-20(8-4-12)15(21)16(19)5-6-16/h1-2,9,12H,3-8,10,19H2. The van der Waals surface area contributed by atoms with Crippen molar-refractivity contribution in [2.45, 2.75) is 43.9 Å². The second kappa shape index (κ2) is 6.36. The molecule has 4 nitrogen and oxygen atoms in total. The first-order valence-electron chi connectivity index (χ1n) is 7.62. The molecule has 3 rings (SSSR count). The fourth-order valence-corrected chi connectivity index (χ4v) is 3.05. The van der Waals surface area contributed by atoms with Crippen LogP contribution in [0, 0.1) is 0 Å². The Morgan fingerprint density at radius 2 is 1.95 bits per heavy atom. The average molecular weight is 343 g/mol. The Labute approximate surface area is 140 Å². The van der Waals surface area contributed by atoms with Crippen LogP contribution >= 0.6 is 23.2 Å². The average Bonchev–Trinajstić information content (AvgIpc) is 3.27. The summed E-state index contributed by atoms with van der Waals surface area (Å²) in [6.07, 6.45) is 3.51. The Morgan fingerprint density at radius 3 is 2.55 bits per heavy atom. The molecule has 0 radical (unpaired) electrons. The van der Waals surface area contributed by atoms with E-state index in [2.05, 4.69) is 0 Å². The minimum Gasteiger partial charge on any atom is -0.373 e. The number of rotatable bonds is 4. The van der Waals surface area contributed by atoms with Crippen molar-refractivity contribution in [2.75, 3.05) is 13.1 Å². The summed E-state index contributed by atoms with van der Waals surface area (Å²) in [5.41, 5.74) is 6.42. The zero-order valence-electron chi connectivity index (χ0n) is 12.4. The number of likely N-dealkylation sites (tertiary alicyclic amines) is 1. The topological polar surface area (TPSA) is 55.6 Å². The number of amides is 1. The highest BCUT2D eigenvalue weighted by atomic mass is 35.5. The lowest BCUT2D eigenvalue weighted by Crippen LogP contribution is -2.49. The van der Waals surface area contributed by atoms with E-state index >= 15 is 0 Å². The largest absolute Gasteiger partial charge is 0.373 e. The molecule has 1 aromatic rings. The van der Waals surface area contributed by atoms with Gasteiger partial charge in [-0.25, -0.2) is 0 Å². The molecule has 1 saturated carbocycles. The normalized spacial score (nSPS) is 21.0. The second-order valence-corrected chi connectivity index (χ2v) is 7.02. The van der Waals surface area contributed by atoms with Crippen LogP contribution in [0.15, 0.2) is 18.2 Å². The van der Waals surface area contributed by atoms with Crippen LogP contribution in [0.2, 0.25) is 10.0 Å². The van der Waals surface area contributed by atoms with Crippen molar-refractivity contribution in [3.63, 3.8) is 0 Å². The number of piperidine rings is 1. The van der Waals surface area contributed by atoms with Gasteiger partial charge < -0.3 is 15.4 Å². The highest BCUT2D eigenvalue weighted by molar-refractivity contribution is 6.42. The predicted molar refractivity (Wildman–Crippen MR) is 87.0 cm³/mol. The van der Waals surface area contributed by atoms with Crippen molar-refractivity contribution in [2.24, 2.45) is 5.73 Å². The fourth-order valence-electron chi connectivity index (χ4n) is 2.73. The monoisotopic (exact) mass is 342 g/mol. The van der Waals surface area contributed by atoms with Gasteiger partial charge in [-0.05, 0) is 43.4 Å². The molecule has 0 spiro atoms. The van der Waals surface area contributed by atoms with Crippen molar-refractivity contribution in [3.05, 3.63) is 33.8 Å². The molecule has 1 amide bonds. The third-order valence-corrected chi connectivity index (χ3v) is 5.15. The Bertz CT molecular complexity index is 567. The molecular weight excluding hydrogens is 323 g/mol. The molecule has 1 heterocycles. The molecule has 120 valence electrons. The van der Waals surface area contributed by atoms with Crippen LogP contribution in [0.3, 0.4) is 0 Å². The van der Waals surface area contributed by atoms with Crippen LogP contribution in [0.5, 0.6) is 0 Å². The quantitative estimate of drug-likeness (QED) is 0.914. The summed E-state index contributed by atoms with van der Waals surface area (Å²) in [6, 6.07) is 5.52. The molecule has 0 atom stereocenters. The van der Waals surface area contributed by atoms with Gasteiger partial charge in [0.15, 0.2) is 0 Å². The van der Waals surface area contributed by atoms with Gasteiger partial charge in [-0.2, -0.15) is 0 Å². The van der Waals surface area contributed by atoms with E-state index in [9.17, 15) is 4.79 Å². The van der Waals surface area contributed by atoms with Gasteiger partial charge in [0.1, 0.15) is 0 Å². The van der Waals surface area contributed by atoms with Crippen molar-refractivity contribution in [1.29, 1.82) is 0 Å². The number of nitrogens with zero attached hydrogens (tertiary/aromatic N) is 1. The highest BCUT2D eigenvalue weighted by Crippen LogP contribution is 2.35. The summed E-state index contributed by atoms with van der Waals surface area (Å²) in [7, 11) is 0. The van der Waals surface area contributed by atoms with E-state index in [1.54, 1.807) is 6.07 Å². The summed E-state index contributed by atoms with van der Waals surface area (Å²) in [5.74, 6) is 0.107. The first kappa shape index (κ1) is 16.1. The molecular formula is C16H20Cl2N2O2. The van der Waals surface area contributed by atoms with Crippen molar-refractivity contribution >= 4 is 29.1 Å². The SMILES string of the molecule is NC1(C(=O)N2CCC(OCc3ccc(Cl)c(Cl)c3)CC2)CC1. The molecule has 1 saturated heterocycles. The van der Waals surface area contributed by atoms with Gasteiger partial charge in [-0.1, -0.05) is 29.3 Å². The van der Waals surface area contributed by atoms with Crippen LogP contribution in [0.1, 0.15) is 31.2 Å².